The summed E-state index contributed by atoms with van der Waals surface area (Å²) in [6, 6.07) is 15.8. The Balaban J connectivity index is 1.31. The molecule has 168 valence electrons. The van der Waals surface area contributed by atoms with Crippen molar-refractivity contribution < 1.29 is 9.84 Å². The molecule has 2 aromatic carbocycles. The van der Waals surface area contributed by atoms with Crippen LogP contribution in [0.4, 0.5) is 11.5 Å². The number of nitrogens with one attached hydrogen (secondary N) is 1. The minimum Gasteiger partial charge on any atom is -0.507 e. The summed E-state index contributed by atoms with van der Waals surface area (Å²) >= 11 is 0. The van der Waals surface area contributed by atoms with E-state index in [-0.39, 0.29) is 5.75 Å². The summed E-state index contributed by atoms with van der Waals surface area (Å²) in [5.74, 6) is 0.925. The van der Waals surface area contributed by atoms with E-state index in [1.807, 2.05) is 37.3 Å². The van der Waals surface area contributed by atoms with Crippen molar-refractivity contribution in [3.8, 4) is 28.1 Å². The lowest BCUT2D eigenvalue weighted by molar-refractivity contribution is -0.0710. The minimum atomic E-state index is 0.158. The Morgan fingerprint density at radius 3 is 2.55 bits per heavy atom. The largest absolute Gasteiger partial charge is 0.507 e. The van der Waals surface area contributed by atoms with Crippen LogP contribution in [-0.4, -0.2) is 58.6 Å². The number of phenolic OH excluding ortho intramolecular Hbond substituents is 1. The van der Waals surface area contributed by atoms with Crippen molar-refractivity contribution >= 4 is 11.5 Å². The summed E-state index contributed by atoms with van der Waals surface area (Å²) in [7, 11) is 0. The number of aryl methyl sites for hydroxylation is 1. The highest BCUT2D eigenvalue weighted by atomic mass is 16.5. The van der Waals surface area contributed by atoms with Crippen molar-refractivity contribution in [2.45, 2.75) is 31.8 Å². The lowest BCUT2D eigenvalue weighted by Gasteiger charge is -2.42. The first kappa shape index (κ1) is 21.4. The van der Waals surface area contributed by atoms with E-state index < -0.39 is 0 Å². The lowest BCUT2D eigenvalue weighted by atomic mass is 10.00. The van der Waals surface area contributed by atoms with Crippen LogP contribution >= 0.6 is 0 Å². The molecule has 0 radical (unpaired) electrons. The molecule has 1 atom stereocenters. The number of hydrogen-bond acceptors (Lipinski definition) is 6. The average molecular weight is 442 g/mol. The van der Waals surface area contributed by atoms with Crippen LogP contribution in [0, 0.1) is 13.5 Å². The molecule has 5 rings (SSSR count). The summed E-state index contributed by atoms with van der Waals surface area (Å²) in [5, 5.41) is 23.1. The molecule has 0 unspecified atom stereocenters. The Kier molecular flexibility index (Phi) is 5.95. The summed E-state index contributed by atoms with van der Waals surface area (Å²) in [6.07, 6.45) is 2.28. The highest BCUT2D eigenvalue weighted by Gasteiger charge is 2.30. The van der Waals surface area contributed by atoms with Crippen LogP contribution in [0.3, 0.4) is 0 Å². The van der Waals surface area contributed by atoms with Gasteiger partial charge in [0.05, 0.1) is 31.5 Å². The van der Waals surface area contributed by atoms with Crippen LogP contribution in [-0.2, 0) is 4.74 Å². The van der Waals surface area contributed by atoms with Crippen LogP contribution in [0.1, 0.15) is 18.4 Å². The first-order chi connectivity index (χ1) is 16.1. The maximum absolute atomic E-state index is 10.7. The fraction of sp³-hybridized carbons (Fsp3) is 0.346. The third-order valence-electron chi connectivity index (χ3n) is 6.51. The molecular formula is C26H27N5O2. The van der Waals surface area contributed by atoms with Gasteiger partial charge >= 0.3 is 0 Å². The van der Waals surface area contributed by atoms with Gasteiger partial charge in [0, 0.05) is 18.2 Å². The molecule has 0 saturated carbocycles. The second-order valence-corrected chi connectivity index (χ2v) is 8.82. The fourth-order valence-corrected chi connectivity index (χ4v) is 4.56. The van der Waals surface area contributed by atoms with E-state index in [1.165, 1.54) is 6.42 Å². The number of hydrogen-bond donors (Lipinski definition) is 2. The monoisotopic (exact) mass is 441 g/mol. The standard InChI is InChI=1S/C26H27N5O2/c1-17-12-25(28-21-4-3-11-31(14-21)22-15-33-16-22)29-30-26(17)23-10-7-19(13-24(23)32)18-5-8-20(27-2)9-6-18/h5-10,12-13,21-22,32H,3-4,11,14-16H2,1H3,(H,28,29)/t21-/m1/s1. The highest BCUT2D eigenvalue weighted by molar-refractivity contribution is 5.76. The molecule has 2 fully saturated rings. The number of aromatic nitrogens is 2. The third kappa shape index (κ3) is 4.54. The van der Waals surface area contributed by atoms with E-state index in [1.54, 1.807) is 18.2 Å². The molecule has 2 aliphatic heterocycles. The molecule has 0 amide bonds. The van der Waals surface area contributed by atoms with Gasteiger partial charge in [-0.05, 0) is 61.2 Å². The molecule has 1 aromatic heterocycles. The zero-order chi connectivity index (χ0) is 22.8. The van der Waals surface area contributed by atoms with Gasteiger partial charge in [-0.1, -0.05) is 30.3 Å². The Morgan fingerprint density at radius 2 is 1.88 bits per heavy atom. The maximum Gasteiger partial charge on any atom is 0.187 e. The number of nitrogens with zero attached hydrogens (tertiary/aromatic N) is 4. The van der Waals surface area contributed by atoms with Gasteiger partial charge in [0.25, 0.3) is 0 Å². The summed E-state index contributed by atoms with van der Waals surface area (Å²) in [5.41, 5.74) is 4.71. The zero-order valence-corrected chi connectivity index (χ0v) is 18.7. The number of phenols is 1. The molecule has 7 heteroatoms. The van der Waals surface area contributed by atoms with Crippen LogP contribution in [0.5, 0.6) is 5.75 Å². The van der Waals surface area contributed by atoms with E-state index in [2.05, 4.69) is 25.3 Å². The predicted molar refractivity (Wildman–Crippen MR) is 128 cm³/mol. The number of ether oxygens (including phenoxy) is 1. The second kappa shape index (κ2) is 9.18. The van der Waals surface area contributed by atoms with Gasteiger partial charge in [-0.25, -0.2) is 4.85 Å². The quantitative estimate of drug-likeness (QED) is 0.562. The van der Waals surface area contributed by atoms with E-state index >= 15 is 0 Å². The van der Waals surface area contributed by atoms with Gasteiger partial charge in [0.2, 0.25) is 0 Å². The Bertz CT molecular complexity index is 1180. The molecule has 0 aliphatic carbocycles. The fourth-order valence-electron chi connectivity index (χ4n) is 4.56. The summed E-state index contributed by atoms with van der Waals surface area (Å²) in [4.78, 5) is 5.93. The molecule has 2 saturated heterocycles. The molecule has 7 nitrogen and oxygen atoms in total. The Hall–Kier alpha value is -3.47. The first-order valence-corrected chi connectivity index (χ1v) is 11.3. The van der Waals surface area contributed by atoms with Gasteiger partial charge in [0.1, 0.15) is 11.6 Å². The zero-order valence-electron chi connectivity index (χ0n) is 18.7. The van der Waals surface area contributed by atoms with E-state index in [4.69, 9.17) is 11.3 Å². The predicted octanol–water partition coefficient (Wildman–Crippen LogP) is 4.65. The highest BCUT2D eigenvalue weighted by Crippen LogP contribution is 2.34. The van der Waals surface area contributed by atoms with E-state index in [0.717, 1.165) is 55.2 Å². The molecule has 2 N–H and O–H groups in total. The van der Waals surface area contributed by atoms with Crippen molar-refractivity contribution in [1.82, 2.24) is 15.1 Å². The maximum atomic E-state index is 10.7. The SMILES string of the molecule is [C-]#[N+]c1ccc(-c2ccc(-c3nnc(N[C@@H]4CCCN(C5COC5)C4)cc3C)c(O)c2)cc1. The summed E-state index contributed by atoms with van der Waals surface area (Å²) < 4.78 is 5.35. The Labute approximate surface area is 193 Å². The average Bonchev–Trinajstić information content (AvgIpc) is 2.79. The number of piperidine rings is 1. The van der Waals surface area contributed by atoms with Crippen molar-refractivity contribution in [2.24, 2.45) is 0 Å². The molecule has 33 heavy (non-hydrogen) atoms. The Morgan fingerprint density at radius 1 is 1.09 bits per heavy atom. The van der Waals surface area contributed by atoms with Crippen molar-refractivity contribution in [3.05, 3.63) is 65.5 Å². The number of benzene rings is 2. The normalized spacial score (nSPS) is 19.0. The van der Waals surface area contributed by atoms with Gasteiger partial charge in [-0.3, -0.25) is 4.90 Å². The van der Waals surface area contributed by atoms with E-state index in [0.29, 0.717) is 29.0 Å². The van der Waals surface area contributed by atoms with Gasteiger partial charge in [0.15, 0.2) is 5.69 Å². The van der Waals surface area contributed by atoms with Crippen LogP contribution in [0.2, 0.25) is 0 Å². The van der Waals surface area contributed by atoms with Crippen LogP contribution in [0.25, 0.3) is 27.2 Å². The van der Waals surface area contributed by atoms with Gasteiger partial charge in [-0.2, -0.15) is 0 Å². The van der Waals surface area contributed by atoms with Crippen molar-refractivity contribution in [3.63, 3.8) is 0 Å². The molecular weight excluding hydrogens is 414 g/mol. The number of anilines is 1. The molecule has 2 aliphatic rings. The molecule has 0 bridgehead atoms. The summed E-state index contributed by atoms with van der Waals surface area (Å²) in [6.45, 7) is 12.9. The first-order valence-electron chi connectivity index (χ1n) is 11.3. The number of likely N-dealkylation sites (tertiary alicyclic amines) is 1. The molecule has 3 aromatic rings. The second-order valence-electron chi connectivity index (χ2n) is 8.82. The topological polar surface area (TPSA) is 74.9 Å². The van der Waals surface area contributed by atoms with Crippen molar-refractivity contribution in [2.75, 3.05) is 31.6 Å². The number of rotatable bonds is 5. The molecule has 3 heterocycles. The smallest absolute Gasteiger partial charge is 0.187 e. The van der Waals surface area contributed by atoms with Crippen molar-refractivity contribution in [1.29, 1.82) is 0 Å². The van der Waals surface area contributed by atoms with E-state index in [9.17, 15) is 5.11 Å². The molecule has 0 spiro atoms. The van der Waals surface area contributed by atoms with Crippen LogP contribution in [0.15, 0.2) is 48.5 Å². The lowest BCUT2D eigenvalue weighted by Crippen LogP contribution is -2.54. The third-order valence-corrected chi connectivity index (χ3v) is 6.51. The minimum absolute atomic E-state index is 0.158. The van der Waals surface area contributed by atoms with Gasteiger partial charge < -0.3 is 15.2 Å². The van der Waals surface area contributed by atoms with Crippen LogP contribution < -0.4 is 5.32 Å². The number of aromatic hydroxyl groups is 1. The van der Waals surface area contributed by atoms with Gasteiger partial charge in [-0.15, -0.1) is 10.2 Å².